The number of carboxylic acid groups (broad SMARTS) is 1. The molecule has 0 amide bonds. The van der Waals surface area contributed by atoms with Gasteiger partial charge in [0.1, 0.15) is 0 Å². The maximum absolute atomic E-state index is 10.3. The van der Waals surface area contributed by atoms with Gasteiger partial charge in [-0.2, -0.15) is 0 Å². The summed E-state index contributed by atoms with van der Waals surface area (Å²) in [5.74, 6) is -0.655. The molecule has 0 aromatic heterocycles. The van der Waals surface area contributed by atoms with Gasteiger partial charge in [-0.1, -0.05) is 84.0 Å². The van der Waals surface area contributed by atoms with E-state index >= 15 is 0 Å². The van der Waals surface area contributed by atoms with Gasteiger partial charge in [0.15, 0.2) is 0 Å². The van der Waals surface area contributed by atoms with Crippen LogP contribution in [0.1, 0.15) is 96.8 Å². The van der Waals surface area contributed by atoms with E-state index in [9.17, 15) is 12.4 Å². The van der Waals surface area contributed by atoms with Crippen LogP contribution >= 0.6 is 20.1 Å². The van der Waals surface area contributed by atoms with Crippen molar-refractivity contribution in [2.24, 2.45) is 0 Å². The summed E-state index contributed by atoms with van der Waals surface area (Å²) in [5, 5.41) is 8.49. The standard InChI is InChI=1S/C16H32O2.2ClH.Cr.2O/c1-2-3-4-5-6-7-8-9-10-11-12-13-14-15-16(17)18;;;;;/h2-15H2,1H3,(H,17,18);2*1H;;;/q;;;+2;;/p-2. The third-order valence-corrected chi connectivity index (χ3v) is 3.49. The van der Waals surface area contributed by atoms with Gasteiger partial charge >= 0.3 is 44.8 Å². The molecular weight excluding hydrogens is 379 g/mol. The molecule has 23 heavy (non-hydrogen) atoms. The number of carbonyl (C=O) groups is 1. The van der Waals surface area contributed by atoms with Crippen molar-refractivity contribution in [3.05, 3.63) is 0 Å². The molecule has 0 bridgehead atoms. The van der Waals surface area contributed by atoms with Gasteiger partial charge in [-0.25, -0.2) is 0 Å². The summed E-state index contributed by atoms with van der Waals surface area (Å²) >= 11 is -4.31. The topological polar surface area (TPSA) is 71.4 Å². The molecule has 0 heterocycles. The zero-order valence-electron chi connectivity index (χ0n) is 14.2. The summed E-state index contributed by atoms with van der Waals surface area (Å²) in [6.45, 7) is 2.26. The zero-order valence-corrected chi connectivity index (χ0v) is 17.0. The van der Waals surface area contributed by atoms with Gasteiger partial charge in [-0.15, -0.1) is 0 Å². The van der Waals surface area contributed by atoms with E-state index in [0.29, 0.717) is 6.42 Å². The first-order valence-corrected chi connectivity index (χ1v) is 13.2. The maximum atomic E-state index is 10.3. The van der Waals surface area contributed by atoms with Crippen molar-refractivity contribution in [2.45, 2.75) is 96.8 Å². The molecule has 1 N–H and O–H groups in total. The Morgan fingerprint density at radius 3 is 1.26 bits per heavy atom. The molecule has 7 heteroatoms. The van der Waals surface area contributed by atoms with Crippen LogP contribution in [0.5, 0.6) is 0 Å². The van der Waals surface area contributed by atoms with Crippen molar-refractivity contribution in [2.75, 3.05) is 0 Å². The number of hydrogen-bond donors (Lipinski definition) is 1. The first kappa shape index (κ1) is 25.4. The number of carboxylic acids is 1. The van der Waals surface area contributed by atoms with E-state index in [0.717, 1.165) is 12.8 Å². The molecule has 0 saturated carbocycles. The Morgan fingerprint density at radius 2 is 1.00 bits per heavy atom. The van der Waals surface area contributed by atoms with Gasteiger partial charge in [0.05, 0.1) is 0 Å². The normalized spacial score (nSPS) is 10.9. The number of halogens is 2. The van der Waals surface area contributed by atoms with Crippen LogP contribution in [0.15, 0.2) is 0 Å². The van der Waals surface area contributed by atoms with E-state index in [2.05, 4.69) is 27.0 Å². The summed E-state index contributed by atoms with van der Waals surface area (Å²) in [6, 6.07) is 0. The quantitative estimate of drug-likeness (QED) is 0.323. The van der Waals surface area contributed by atoms with Crippen LogP contribution in [0.25, 0.3) is 0 Å². The van der Waals surface area contributed by atoms with Gasteiger partial charge < -0.3 is 5.11 Å². The molecular formula is C16H32Cl2CrO4. The second-order valence-corrected chi connectivity index (χ2v) is 10.9. The minimum absolute atomic E-state index is 0.345. The molecule has 0 atom stereocenters. The van der Waals surface area contributed by atoms with Crippen LogP contribution < -0.4 is 0 Å². The Morgan fingerprint density at radius 1 is 0.739 bits per heavy atom. The summed E-state index contributed by atoms with van der Waals surface area (Å²) in [5.41, 5.74) is 0. The number of rotatable bonds is 14. The molecule has 0 aromatic rings. The van der Waals surface area contributed by atoms with E-state index in [1.807, 2.05) is 0 Å². The average Bonchev–Trinajstić information content (AvgIpc) is 2.42. The molecule has 4 nitrogen and oxygen atoms in total. The zero-order chi connectivity index (χ0) is 18.0. The first-order chi connectivity index (χ1) is 10.8. The fraction of sp³-hybridized carbons (Fsp3) is 0.938. The van der Waals surface area contributed by atoms with Crippen LogP contribution in [0.2, 0.25) is 0 Å². The Bertz CT molecular complexity index is 351. The van der Waals surface area contributed by atoms with Crippen molar-refractivity contribution in [1.29, 1.82) is 0 Å². The number of aliphatic carboxylic acids is 1. The SMILES string of the molecule is CCCCCCCCCCCCCCCC(=O)O.[O]=[Cr](=[O])([Cl])[Cl]. The van der Waals surface area contributed by atoms with Crippen molar-refractivity contribution in [3.63, 3.8) is 0 Å². The fourth-order valence-corrected chi connectivity index (χ4v) is 2.29. The molecule has 0 aliphatic heterocycles. The van der Waals surface area contributed by atoms with Crippen LogP contribution in [0, 0.1) is 0 Å². The number of unbranched alkanes of at least 4 members (excludes halogenated alkanes) is 12. The number of hydrogen-bond acceptors (Lipinski definition) is 3. The molecule has 0 saturated heterocycles. The summed E-state index contributed by atoms with van der Waals surface area (Å²) in [4.78, 5) is 10.3. The van der Waals surface area contributed by atoms with Crippen LogP contribution in [0.3, 0.4) is 0 Å². The van der Waals surface area contributed by atoms with Crippen molar-refractivity contribution in [1.82, 2.24) is 0 Å². The molecule has 0 aliphatic rings. The molecule has 0 aromatic carbocycles. The van der Waals surface area contributed by atoms with Crippen LogP contribution in [-0.4, -0.2) is 11.1 Å². The summed E-state index contributed by atoms with van der Waals surface area (Å²) in [7, 11) is 8.68. The van der Waals surface area contributed by atoms with E-state index in [4.69, 9.17) is 5.11 Å². The van der Waals surface area contributed by atoms with Gasteiger partial charge in [0.2, 0.25) is 0 Å². The van der Waals surface area contributed by atoms with Gasteiger partial charge in [-0.3, -0.25) is 4.79 Å². The molecule has 0 unspecified atom stereocenters. The molecule has 0 aliphatic carbocycles. The van der Waals surface area contributed by atoms with Gasteiger partial charge in [-0.05, 0) is 6.42 Å². The van der Waals surface area contributed by atoms with Crippen molar-refractivity contribution < 1.29 is 28.6 Å². The third kappa shape index (κ3) is 39.2. The van der Waals surface area contributed by atoms with Crippen LogP contribution in [-0.2, 0) is 23.5 Å². The third-order valence-electron chi connectivity index (χ3n) is 3.49. The molecule has 140 valence electrons. The first-order valence-electron chi connectivity index (χ1n) is 8.63. The Hall–Kier alpha value is 0.182. The van der Waals surface area contributed by atoms with E-state index < -0.39 is 17.1 Å². The van der Waals surface area contributed by atoms with E-state index in [-0.39, 0.29) is 0 Å². The van der Waals surface area contributed by atoms with Gasteiger partial charge in [0.25, 0.3) is 0 Å². The molecule has 0 rings (SSSR count). The Labute approximate surface area is 151 Å². The molecule has 0 spiro atoms. The minimum atomic E-state index is -4.31. The van der Waals surface area contributed by atoms with E-state index in [1.165, 1.54) is 70.6 Å². The summed E-state index contributed by atoms with van der Waals surface area (Å²) < 4.78 is 18.5. The second kappa shape index (κ2) is 18.5. The van der Waals surface area contributed by atoms with Gasteiger partial charge in [0, 0.05) is 6.42 Å². The Kier molecular flexibility index (Phi) is 20.5. The monoisotopic (exact) mass is 410 g/mol. The van der Waals surface area contributed by atoms with Crippen molar-refractivity contribution in [3.8, 4) is 0 Å². The average molecular weight is 411 g/mol. The predicted molar refractivity (Wildman–Crippen MR) is 91.0 cm³/mol. The summed E-state index contributed by atoms with van der Waals surface area (Å²) in [6.07, 6.45) is 17.3. The Balaban J connectivity index is 0. The van der Waals surface area contributed by atoms with E-state index in [1.54, 1.807) is 0 Å². The second-order valence-electron chi connectivity index (χ2n) is 5.76. The molecule has 0 radical (unpaired) electrons. The van der Waals surface area contributed by atoms with Crippen molar-refractivity contribution >= 4 is 26.1 Å². The molecule has 0 fully saturated rings. The van der Waals surface area contributed by atoms with Crippen LogP contribution in [0.4, 0.5) is 0 Å². The predicted octanol–water partition coefficient (Wildman–Crippen LogP) is 6.69. The fourth-order valence-electron chi connectivity index (χ4n) is 2.29.